The van der Waals surface area contributed by atoms with E-state index >= 15 is 0 Å². The van der Waals surface area contributed by atoms with E-state index in [1.54, 1.807) is 18.2 Å². The Balaban J connectivity index is 1.68. The molecule has 1 atom stereocenters. The molecule has 3 rings (SSSR count). The Bertz CT molecular complexity index is 813. The van der Waals surface area contributed by atoms with Gasteiger partial charge in [0.15, 0.2) is 17.5 Å². The summed E-state index contributed by atoms with van der Waals surface area (Å²) in [7, 11) is 1.90. The maximum atomic E-state index is 13.8. The van der Waals surface area contributed by atoms with Gasteiger partial charge in [0.2, 0.25) is 6.79 Å². The maximum absolute atomic E-state index is 13.8. The second-order valence-electron chi connectivity index (χ2n) is 6.28. The average molecular weight is 373 g/mol. The fraction of sp³-hybridized carbons (Fsp3) is 0.350. The third kappa shape index (κ3) is 4.68. The van der Waals surface area contributed by atoms with Crippen LogP contribution in [0.3, 0.4) is 0 Å². The molecule has 7 heteroatoms. The summed E-state index contributed by atoms with van der Waals surface area (Å²) in [5.74, 6) is 1.68. The Hall–Kier alpha value is -2.80. The molecular weight excluding hydrogens is 349 g/mol. The van der Waals surface area contributed by atoms with Gasteiger partial charge >= 0.3 is 0 Å². The molecule has 0 amide bonds. The summed E-state index contributed by atoms with van der Waals surface area (Å²) in [6, 6.07) is 12.0. The number of halogens is 1. The van der Waals surface area contributed by atoms with E-state index in [2.05, 4.69) is 10.3 Å². The van der Waals surface area contributed by atoms with Gasteiger partial charge < -0.3 is 24.8 Å². The predicted molar refractivity (Wildman–Crippen MR) is 101 cm³/mol. The van der Waals surface area contributed by atoms with Gasteiger partial charge in [0, 0.05) is 25.7 Å². The number of aliphatic hydroxyl groups excluding tert-OH is 1. The maximum Gasteiger partial charge on any atom is 0.231 e. The van der Waals surface area contributed by atoms with Crippen LogP contribution in [0.5, 0.6) is 11.5 Å². The first-order chi connectivity index (χ1) is 13.1. The first-order valence-corrected chi connectivity index (χ1v) is 8.89. The van der Waals surface area contributed by atoms with Crippen molar-refractivity contribution in [2.75, 3.05) is 26.9 Å². The van der Waals surface area contributed by atoms with Crippen LogP contribution in [-0.4, -0.2) is 42.9 Å². The molecule has 0 radical (unpaired) electrons. The van der Waals surface area contributed by atoms with Crippen LogP contribution in [0.2, 0.25) is 0 Å². The Labute approximate surface area is 158 Å². The summed E-state index contributed by atoms with van der Waals surface area (Å²) < 4.78 is 24.6. The van der Waals surface area contributed by atoms with E-state index in [-0.39, 0.29) is 18.9 Å². The molecule has 0 bridgehead atoms. The molecule has 1 aliphatic rings. The monoisotopic (exact) mass is 373 g/mol. The highest BCUT2D eigenvalue weighted by molar-refractivity contribution is 5.79. The van der Waals surface area contributed by atoms with E-state index < -0.39 is 11.9 Å². The number of fused-ring (bicyclic) bond motifs is 1. The van der Waals surface area contributed by atoms with E-state index in [1.165, 1.54) is 6.07 Å². The molecule has 2 N–H and O–H groups in total. The summed E-state index contributed by atoms with van der Waals surface area (Å²) in [6.45, 7) is 3.55. The molecule has 2 aromatic carbocycles. The van der Waals surface area contributed by atoms with Crippen LogP contribution in [-0.2, 0) is 6.54 Å². The molecule has 2 aromatic rings. The van der Waals surface area contributed by atoms with Crippen molar-refractivity contribution in [2.24, 2.45) is 4.99 Å². The molecule has 1 heterocycles. The van der Waals surface area contributed by atoms with Crippen molar-refractivity contribution in [3.8, 4) is 11.5 Å². The van der Waals surface area contributed by atoms with Crippen molar-refractivity contribution >= 4 is 5.96 Å². The number of hydrogen-bond donors (Lipinski definition) is 2. The van der Waals surface area contributed by atoms with Gasteiger partial charge in [-0.1, -0.05) is 24.3 Å². The van der Waals surface area contributed by atoms with Crippen molar-refractivity contribution in [1.82, 2.24) is 10.2 Å². The van der Waals surface area contributed by atoms with Crippen LogP contribution in [0.15, 0.2) is 47.5 Å². The minimum absolute atomic E-state index is 0.0642. The Morgan fingerprint density at radius 3 is 2.81 bits per heavy atom. The fourth-order valence-electron chi connectivity index (χ4n) is 2.87. The first-order valence-electron chi connectivity index (χ1n) is 8.89. The van der Waals surface area contributed by atoms with Crippen molar-refractivity contribution in [3.63, 3.8) is 0 Å². The highest BCUT2D eigenvalue weighted by Gasteiger charge is 2.16. The first kappa shape index (κ1) is 19.0. The SMILES string of the molecule is CCNC(=NCC(O)c1ccccc1F)N(C)Cc1ccc2c(c1)OCO2. The largest absolute Gasteiger partial charge is 0.454 e. The highest BCUT2D eigenvalue weighted by Crippen LogP contribution is 2.32. The number of guanidine groups is 1. The summed E-state index contributed by atoms with van der Waals surface area (Å²) >= 11 is 0. The Morgan fingerprint density at radius 1 is 1.26 bits per heavy atom. The summed E-state index contributed by atoms with van der Waals surface area (Å²) in [4.78, 5) is 6.40. The minimum Gasteiger partial charge on any atom is -0.454 e. The van der Waals surface area contributed by atoms with Crippen molar-refractivity contribution in [1.29, 1.82) is 0 Å². The van der Waals surface area contributed by atoms with E-state index in [9.17, 15) is 9.50 Å². The smallest absolute Gasteiger partial charge is 0.231 e. The quantitative estimate of drug-likeness (QED) is 0.602. The van der Waals surface area contributed by atoms with Crippen molar-refractivity contribution < 1.29 is 19.0 Å². The summed E-state index contributed by atoms with van der Waals surface area (Å²) in [5, 5.41) is 13.5. The second-order valence-corrected chi connectivity index (χ2v) is 6.28. The average Bonchev–Trinajstić information content (AvgIpc) is 3.13. The molecule has 1 unspecified atom stereocenters. The number of aliphatic imine (C=N–C) groups is 1. The molecule has 144 valence electrons. The number of hydrogen-bond acceptors (Lipinski definition) is 4. The summed E-state index contributed by atoms with van der Waals surface area (Å²) in [5.41, 5.74) is 1.29. The van der Waals surface area contributed by atoms with Crippen molar-refractivity contribution in [2.45, 2.75) is 19.6 Å². The Morgan fingerprint density at radius 2 is 2.04 bits per heavy atom. The van der Waals surface area contributed by atoms with Gasteiger partial charge in [0.05, 0.1) is 6.54 Å². The molecule has 0 aromatic heterocycles. The molecule has 0 saturated carbocycles. The van der Waals surface area contributed by atoms with Crippen LogP contribution in [0, 0.1) is 5.82 Å². The van der Waals surface area contributed by atoms with Crippen LogP contribution < -0.4 is 14.8 Å². The molecule has 0 fully saturated rings. The third-order valence-electron chi connectivity index (χ3n) is 4.23. The van der Waals surface area contributed by atoms with Gasteiger partial charge in [-0.3, -0.25) is 4.99 Å². The minimum atomic E-state index is -1.00. The molecule has 0 spiro atoms. The standard InChI is InChI=1S/C20H24FN3O3/c1-3-22-20(23-11-17(25)15-6-4-5-7-16(15)21)24(2)12-14-8-9-18-19(10-14)27-13-26-18/h4-10,17,25H,3,11-13H2,1-2H3,(H,22,23). The number of ether oxygens (including phenoxy) is 2. The predicted octanol–water partition coefficient (Wildman–Crippen LogP) is 2.69. The number of nitrogens with one attached hydrogen (secondary N) is 1. The van der Waals surface area contributed by atoms with Crippen molar-refractivity contribution in [3.05, 3.63) is 59.4 Å². The molecule has 0 saturated heterocycles. The zero-order valence-corrected chi connectivity index (χ0v) is 15.5. The molecule has 0 aliphatic carbocycles. The van der Waals surface area contributed by atoms with Crippen LogP contribution in [0.1, 0.15) is 24.2 Å². The molecule has 27 heavy (non-hydrogen) atoms. The van der Waals surface area contributed by atoms with Gasteiger partial charge in [-0.2, -0.15) is 0 Å². The van der Waals surface area contributed by atoms with E-state index in [0.717, 1.165) is 17.1 Å². The van der Waals surface area contributed by atoms with E-state index in [1.807, 2.05) is 37.1 Å². The lowest BCUT2D eigenvalue weighted by Gasteiger charge is -2.23. The molecule has 6 nitrogen and oxygen atoms in total. The van der Waals surface area contributed by atoms with Gasteiger partial charge in [0.25, 0.3) is 0 Å². The lowest BCUT2D eigenvalue weighted by atomic mass is 10.1. The summed E-state index contributed by atoms with van der Waals surface area (Å²) in [6.07, 6.45) is -1.00. The topological polar surface area (TPSA) is 66.3 Å². The zero-order valence-electron chi connectivity index (χ0n) is 15.5. The number of nitrogens with zero attached hydrogens (tertiary/aromatic N) is 2. The van der Waals surface area contributed by atoms with E-state index in [0.29, 0.717) is 19.0 Å². The van der Waals surface area contributed by atoms with Gasteiger partial charge in [-0.15, -0.1) is 0 Å². The van der Waals surface area contributed by atoms with Crippen LogP contribution >= 0.6 is 0 Å². The lowest BCUT2D eigenvalue weighted by Crippen LogP contribution is -2.38. The van der Waals surface area contributed by atoms with E-state index in [4.69, 9.17) is 9.47 Å². The zero-order chi connectivity index (χ0) is 19.2. The second kappa shape index (κ2) is 8.73. The fourth-order valence-corrected chi connectivity index (χ4v) is 2.87. The normalized spacial score (nSPS) is 14.1. The van der Waals surface area contributed by atoms with Gasteiger partial charge in [-0.05, 0) is 30.7 Å². The number of rotatable bonds is 6. The van der Waals surface area contributed by atoms with Gasteiger partial charge in [-0.25, -0.2) is 4.39 Å². The number of benzene rings is 2. The molecular formula is C20H24FN3O3. The molecule has 1 aliphatic heterocycles. The van der Waals surface area contributed by atoms with Gasteiger partial charge in [0.1, 0.15) is 11.9 Å². The highest BCUT2D eigenvalue weighted by atomic mass is 19.1. The number of aliphatic hydroxyl groups is 1. The Kier molecular flexibility index (Phi) is 6.13. The lowest BCUT2D eigenvalue weighted by molar-refractivity contribution is 0.174. The van der Waals surface area contributed by atoms with Crippen LogP contribution in [0.25, 0.3) is 0 Å². The van der Waals surface area contributed by atoms with Crippen LogP contribution in [0.4, 0.5) is 4.39 Å². The third-order valence-corrected chi connectivity index (χ3v) is 4.23.